The molecular weight excluding hydrogens is 338 g/mol. The Morgan fingerprint density at radius 3 is 2.41 bits per heavy atom. The molecule has 0 aliphatic carbocycles. The van der Waals surface area contributed by atoms with E-state index in [1.165, 1.54) is 0 Å². The van der Waals surface area contributed by atoms with Crippen LogP contribution in [0.4, 0.5) is 5.69 Å². The molecule has 0 atom stereocenters. The highest BCUT2D eigenvalue weighted by molar-refractivity contribution is 6.09. The summed E-state index contributed by atoms with van der Waals surface area (Å²) in [5.74, 6) is 0.324. The van der Waals surface area contributed by atoms with Crippen LogP contribution in [-0.4, -0.2) is 17.6 Å². The topological polar surface area (TPSA) is 67.0 Å². The highest BCUT2D eigenvalue weighted by Crippen LogP contribution is 2.22. The van der Waals surface area contributed by atoms with E-state index in [9.17, 15) is 10.1 Å². The fraction of sp³-hybridized carbons (Fsp3) is 0.0909. The van der Waals surface area contributed by atoms with Crippen molar-refractivity contribution in [2.24, 2.45) is 0 Å². The Labute approximate surface area is 158 Å². The second-order valence-electron chi connectivity index (χ2n) is 5.92. The van der Waals surface area contributed by atoms with Gasteiger partial charge in [0, 0.05) is 22.8 Å². The fourth-order valence-corrected chi connectivity index (χ4v) is 2.77. The Kier molecular flexibility index (Phi) is 5.38. The number of methoxy groups -OCH3 is 1. The second kappa shape index (κ2) is 8.07. The van der Waals surface area contributed by atoms with Crippen molar-refractivity contribution in [3.05, 3.63) is 83.7 Å². The van der Waals surface area contributed by atoms with Crippen molar-refractivity contribution < 1.29 is 9.53 Å². The third kappa shape index (κ3) is 4.07. The minimum atomic E-state index is -0.441. The molecule has 0 aliphatic rings. The van der Waals surface area contributed by atoms with Crippen LogP contribution in [0, 0.1) is 18.3 Å². The summed E-state index contributed by atoms with van der Waals surface area (Å²) in [5, 5.41) is 12.2. The molecule has 3 aromatic rings. The number of nitriles is 1. The number of benzene rings is 2. The molecule has 0 saturated heterocycles. The van der Waals surface area contributed by atoms with Crippen LogP contribution >= 0.6 is 0 Å². The van der Waals surface area contributed by atoms with Crippen molar-refractivity contribution in [1.82, 2.24) is 4.57 Å². The van der Waals surface area contributed by atoms with Crippen LogP contribution in [0.1, 0.15) is 11.4 Å². The zero-order chi connectivity index (χ0) is 19.2. The molecular formula is C22H19N3O2. The number of aromatic nitrogens is 1. The highest BCUT2D eigenvalue weighted by atomic mass is 16.5. The van der Waals surface area contributed by atoms with Gasteiger partial charge in [0.25, 0.3) is 5.91 Å². The van der Waals surface area contributed by atoms with Crippen molar-refractivity contribution in [2.45, 2.75) is 6.92 Å². The molecule has 27 heavy (non-hydrogen) atoms. The van der Waals surface area contributed by atoms with Gasteiger partial charge in [0.1, 0.15) is 17.4 Å². The number of hydrogen-bond acceptors (Lipinski definition) is 3. The van der Waals surface area contributed by atoms with Crippen LogP contribution in [0.5, 0.6) is 5.75 Å². The minimum absolute atomic E-state index is 0.0340. The molecule has 1 heterocycles. The molecule has 1 amide bonds. The summed E-state index contributed by atoms with van der Waals surface area (Å²) in [6.07, 6.45) is 1.59. The molecule has 0 aliphatic heterocycles. The van der Waals surface area contributed by atoms with Gasteiger partial charge in [-0.15, -0.1) is 0 Å². The SMILES string of the molecule is COc1ccc(-n2c(C)ccc2/C=C(/C#N)C(=O)Nc2ccccc2)cc1. The smallest absolute Gasteiger partial charge is 0.266 e. The minimum Gasteiger partial charge on any atom is -0.497 e. The van der Waals surface area contributed by atoms with Crippen LogP contribution < -0.4 is 10.1 Å². The van der Waals surface area contributed by atoms with E-state index in [1.807, 2.05) is 72.2 Å². The van der Waals surface area contributed by atoms with Gasteiger partial charge in [-0.25, -0.2) is 0 Å². The predicted molar refractivity (Wildman–Crippen MR) is 106 cm³/mol. The highest BCUT2D eigenvalue weighted by Gasteiger charge is 2.12. The first-order chi connectivity index (χ1) is 13.1. The third-order valence-electron chi connectivity index (χ3n) is 4.13. The lowest BCUT2D eigenvalue weighted by Crippen LogP contribution is -2.13. The molecule has 0 spiro atoms. The standard InChI is InChI=1S/C22H19N3O2/c1-16-8-9-20(25(16)19-10-12-21(27-2)13-11-19)14-17(15-23)22(26)24-18-6-4-3-5-7-18/h3-14H,1-2H3,(H,24,26)/b17-14-. The van der Waals surface area contributed by atoms with Crippen LogP contribution in [0.25, 0.3) is 11.8 Å². The predicted octanol–water partition coefficient (Wildman–Crippen LogP) is 4.34. The average Bonchev–Trinajstić information content (AvgIpc) is 3.07. The Balaban J connectivity index is 1.93. The summed E-state index contributed by atoms with van der Waals surface area (Å²) in [6, 6.07) is 22.5. The van der Waals surface area contributed by atoms with E-state index in [0.717, 1.165) is 22.8 Å². The lowest BCUT2D eigenvalue weighted by Gasteiger charge is -2.11. The summed E-state index contributed by atoms with van der Waals surface area (Å²) >= 11 is 0. The Hall–Kier alpha value is -3.78. The fourth-order valence-electron chi connectivity index (χ4n) is 2.77. The molecule has 5 heteroatoms. The number of para-hydroxylation sites is 1. The Morgan fingerprint density at radius 1 is 1.07 bits per heavy atom. The first-order valence-corrected chi connectivity index (χ1v) is 8.43. The number of rotatable bonds is 5. The van der Waals surface area contributed by atoms with Gasteiger partial charge in [-0.05, 0) is 61.5 Å². The van der Waals surface area contributed by atoms with Crippen molar-refractivity contribution in [3.8, 4) is 17.5 Å². The van der Waals surface area contributed by atoms with Gasteiger partial charge in [-0.3, -0.25) is 4.79 Å². The summed E-state index contributed by atoms with van der Waals surface area (Å²) in [7, 11) is 1.62. The van der Waals surface area contributed by atoms with Gasteiger partial charge in [0.2, 0.25) is 0 Å². The third-order valence-corrected chi connectivity index (χ3v) is 4.13. The molecule has 0 unspecified atom stereocenters. The van der Waals surface area contributed by atoms with E-state index in [0.29, 0.717) is 5.69 Å². The molecule has 1 aromatic heterocycles. The van der Waals surface area contributed by atoms with E-state index in [1.54, 1.807) is 25.3 Å². The average molecular weight is 357 g/mol. The lowest BCUT2D eigenvalue weighted by atomic mass is 10.2. The van der Waals surface area contributed by atoms with E-state index in [4.69, 9.17) is 4.74 Å². The molecule has 0 fully saturated rings. The molecule has 3 rings (SSSR count). The van der Waals surface area contributed by atoms with Crippen LogP contribution in [0.3, 0.4) is 0 Å². The number of carbonyl (C=O) groups excluding carboxylic acids is 1. The Bertz CT molecular complexity index is 1010. The maximum atomic E-state index is 12.5. The van der Waals surface area contributed by atoms with Gasteiger partial charge >= 0.3 is 0 Å². The first-order valence-electron chi connectivity index (χ1n) is 8.43. The van der Waals surface area contributed by atoms with E-state index in [2.05, 4.69) is 5.32 Å². The first kappa shape index (κ1) is 18.0. The lowest BCUT2D eigenvalue weighted by molar-refractivity contribution is -0.112. The van der Waals surface area contributed by atoms with Gasteiger partial charge in [0.05, 0.1) is 7.11 Å². The maximum absolute atomic E-state index is 12.5. The molecule has 1 N–H and O–H groups in total. The Morgan fingerprint density at radius 2 is 1.78 bits per heavy atom. The number of nitrogens with zero attached hydrogens (tertiary/aromatic N) is 2. The number of hydrogen-bond donors (Lipinski definition) is 1. The van der Waals surface area contributed by atoms with Crippen LogP contribution in [-0.2, 0) is 4.79 Å². The van der Waals surface area contributed by atoms with Crippen LogP contribution in [0.2, 0.25) is 0 Å². The van der Waals surface area contributed by atoms with E-state index >= 15 is 0 Å². The number of ether oxygens (including phenoxy) is 1. The monoisotopic (exact) mass is 357 g/mol. The summed E-state index contributed by atoms with van der Waals surface area (Å²) in [5.41, 5.74) is 3.34. The summed E-state index contributed by atoms with van der Waals surface area (Å²) in [6.45, 7) is 1.97. The van der Waals surface area contributed by atoms with E-state index < -0.39 is 5.91 Å². The van der Waals surface area contributed by atoms with Crippen molar-refractivity contribution >= 4 is 17.7 Å². The maximum Gasteiger partial charge on any atom is 0.266 e. The van der Waals surface area contributed by atoms with Crippen LogP contribution in [0.15, 0.2) is 72.3 Å². The van der Waals surface area contributed by atoms with Gasteiger partial charge in [-0.2, -0.15) is 5.26 Å². The molecule has 2 aromatic carbocycles. The summed E-state index contributed by atoms with van der Waals surface area (Å²) < 4.78 is 7.18. The molecule has 134 valence electrons. The van der Waals surface area contributed by atoms with Gasteiger partial charge in [0.15, 0.2) is 0 Å². The van der Waals surface area contributed by atoms with Crippen molar-refractivity contribution in [2.75, 3.05) is 12.4 Å². The molecule has 5 nitrogen and oxygen atoms in total. The second-order valence-corrected chi connectivity index (χ2v) is 5.92. The quantitative estimate of drug-likeness (QED) is 0.545. The van der Waals surface area contributed by atoms with Crippen molar-refractivity contribution in [3.63, 3.8) is 0 Å². The number of aryl methyl sites for hydroxylation is 1. The van der Waals surface area contributed by atoms with Gasteiger partial charge in [-0.1, -0.05) is 18.2 Å². The van der Waals surface area contributed by atoms with Gasteiger partial charge < -0.3 is 14.6 Å². The number of carbonyl (C=O) groups is 1. The summed E-state index contributed by atoms with van der Waals surface area (Å²) in [4.78, 5) is 12.5. The largest absolute Gasteiger partial charge is 0.497 e. The molecule has 0 saturated carbocycles. The number of nitrogens with one attached hydrogen (secondary N) is 1. The van der Waals surface area contributed by atoms with Crippen molar-refractivity contribution in [1.29, 1.82) is 5.26 Å². The number of amides is 1. The molecule has 0 bridgehead atoms. The molecule has 0 radical (unpaired) electrons. The normalized spacial score (nSPS) is 10.9. The zero-order valence-electron chi connectivity index (χ0n) is 15.1. The van der Waals surface area contributed by atoms with E-state index in [-0.39, 0.29) is 5.57 Å². The zero-order valence-corrected chi connectivity index (χ0v) is 15.1. The number of anilines is 1.